The highest BCUT2D eigenvalue weighted by Gasteiger charge is 2.58. The molecule has 0 bridgehead atoms. The molecule has 0 aliphatic carbocycles. The molecule has 3 aliphatic rings. The topological polar surface area (TPSA) is 21.8 Å². The van der Waals surface area contributed by atoms with Gasteiger partial charge in [0, 0.05) is 0 Å². The van der Waals surface area contributed by atoms with Crippen molar-refractivity contribution in [2.45, 2.75) is 12.1 Å². The summed E-state index contributed by atoms with van der Waals surface area (Å²) in [5.74, 6) is 2.36. The van der Waals surface area contributed by atoms with Gasteiger partial charge < -0.3 is 0 Å². The Morgan fingerprint density at radius 3 is 2.50 bits per heavy atom. The van der Waals surface area contributed by atoms with Crippen LogP contribution in [0.2, 0.25) is 0 Å². The number of rotatable bonds is 1. The molecule has 6 heteroatoms. The number of guanidine groups is 1. The first kappa shape index (κ1) is 17.3. The summed E-state index contributed by atoms with van der Waals surface area (Å²) in [5, 5.41) is 0. The minimum Gasteiger partial charge on any atom is -0.269 e. The Kier molecular flexibility index (Phi) is 3.46. The summed E-state index contributed by atoms with van der Waals surface area (Å²) in [6.07, 6.45) is 11.0. The van der Waals surface area contributed by atoms with Crippen molar-refractivity contribution in [1.82, 2.24) is 9.47 Å². The number of anilines is 2. The lowest BCUT2D eigenvalue weighted by Gasteiger charge is -2.28. The predicted molar refractivity (Wildman–Crippen MR) is 119 cm³/mol. The van der Waals surface area contributed by atoms with Gasteiger partial charge in [-0.1, -0.05) is 24.3 Å². The van der Waals surface area contributed by atoms with Crippen LogP contribution in [0.4, 0.5) is 11.6 Å². The van der Waals surface area contributed by atoms with Crippen LogP contribution in [0.3, 0.4) is 0 Å². The van der Waals surface area contributed by atoms with E-state index in [1.54, 1.807) is 0 Å². The van der Waals surface area contributed by atoms with E-state index in [-0.39, 0.29) is 12.1 Å². The molecule has 1 aromatic carbocycles. The van der Waals surface area contributed by atoms with Crippen LogP contribution in [-0.2, 0) is 0 Å². The van der Waals surface area contributed by atoms with E-state index in [1.165, 1.54) is 28.5 Å². The van der Waals surface area contributed by atoms with Gasteiger partial charge >= 0.3 is 11.9 Å². The molecule has 1 fully saturated rings. The molecule has 3 aromatic rings. The molecule has 2 aromatic heterocycles. The Bertz CT molecular complexity index is 1270. The minimum absolute atomic E-state index is 0.171. The number of hydrogen-bond acceptors (Lipinski definition) is 1. The van der Waals surface area contributed by atoms with Crippen molar-refractivity contribution in [2.75, 3.05) is 38.0 Å². The highest BCUT2D eigenvalue weighted by molar-refractivity contribution is 6.01. The molecule has 5 heterocycles. The smallest absolute Gasteiger partial charge is 0.269 e. The molecule has 30 heavy (non-hydrogen) atoms. The van der Waals surface area contributed by atoms with E-state index in [4.69, 9.17) is 0 Å². The predicted octanol–water partition coefficient (Wildman–Crippen LogP) is 2.54. The van der Waals surface area contributed by atoms with Gasteiger partial charge in [0.2, 0.25) is 0 Å². The molecule has 1 saturated heterocycles. The molecule has 150 valence electrons. The Hall–Kier alpha value is -3.54. The Morgan fingerprint density at radius 1 is 0.967 bits per heavy atom. The summed E-state index contributed by atoms with van der Waals surface area (Å²) in [7, 11) is 8.52. The third-order valence-electron chi connectivity index (χ3n) is 6.28. The van der Waals surface area contributed by atoms with E-state index >= 15 is 0 Å². The molecule has 3 aliphatic heterocycles. The zero-order valence-electron chi connectivity index (χ0n) is 17.8. The third kappa shape index (κ3) is 2.03. The summed E-state index contributed by atoms with van der Waals surface area (Å²) in [6.45, 7) is 0. The lowest BCUT2D eigenvalue weighted by molar-refractivity contribution is -0.497. The second kappa shape index (κ2) is 5.98. The zero-order valence-corrected chi connectivity index (χ0v) is 17.8. The lowest BCUT2D eigenvalue weighted by atomic mass is 9.98. The standard InChI is InChI=1S/C24H26N6/c1-25(2)23-27-15-9-7-13-19(27)21-22-20-14-8-10-16-28(20)24(26(3)4)30(22)18-12-6-5-11-17(18)29(21)23/h5-16,19,21H,1-4H3/q+2. The average Bonchev–Trinajstić information content (AvgIpc) is 3.27. The summed E-state index contributed by atoms with van der Waals surface area (Å²) in [5.41, 5.74) is 5.01. The van der Waals surface area contributed by atoms with Gasteiger partial charge in [0.1, 0.15) is 22.9 Å². The summed E-state index contributed by atoms with van der Waals surface area (Å²) in [4.78, 5) is 7.13. The fourth-order valence-corrected chi connectivity index (χ4v) is 5.31. The van der Waals surface area contributed by atoms with Crippen molar-refractivity contribution in [3.63, 3.8) is 0 Å². The van der Waals surface area contributed by atoms with Crippen LogP contribution in [0.25, 0.3) is 11.2 Å². The molecule has 0 radical (unpaired) electrons. The fourth-order valence-electron chi connectivity index (χ4n) is 5.31. The van der Waals surface area contributed by atoms with Gasteiger partial charge in [-0.3, -0.25) is 9.48 Å². The van der Waals surface area contributed by atoms with Gasteiger partial charge in [0.15, 0.2) is 11.7 Å². The lowest BCUT2D eigenvalue weighted by Crippen LogP contribution is -2.40. The number of imidazole rings is 1. The normalized spacial score (nSPS) is 20.9. The van der Waals surface area contributed by atoms with Crippen molar-refractivity contribution in [2.24, 2.45) is 0 Å². The number of hydrogen-bond donors (Lipinski definition) is 0. The number of para-hydroxylation sites is 2. The highest BCUT2D eigenvalue weighted by atomic mass is 15.5. The minimum atomic E-state index is 0.171. The molecule has 0 amide bonds. The Labute approximate surface area is 176 Å². The van der Waals surface area contributed by atoms with Crippen LogP contribution < -0.4 is 14.2 Å². The number of pyridine rings is 1. The van der Waals surface area contributed by atoms with Crippen LogP contribution in [0.5, 0.6) is 0 Å². The summed E-state index contributed by atoms with van der Waals surface area (Å²) in [6, 6.07) is 15.6. The number of fused-ring (bicyclic) bond motifs is 10. The van der Waals surface area contributed by atoms with Gasteiger partial charge in [0.05, 0.1) is 40.6 Å². The molecule has 6 rings (SSSR count). The second-order valence-electron chi connectivity index (χ2n) is 8.49. The maximum absolute atomic E-state index is 2.52. The van der Waals surface area contributed by atoms with Gasteiger partial charge in [0.25, 0.3) is 0 Å². The van der Waals surface area contributed by atoms with E-state index in [0.29, 0.717) is 0 Å². The van der Waals surface area contributed by atoms with E-state index in [1.807, 2.05) is 0 Å². The van der Waals surface area contributed by atoms with E-state index in [9.17, 15) is 0 Å². The van der Waals surface area contributed by atoms with Gasteiger partial charge in [-0.15, -0.1) is 0 Å². The van der Waals surface area contributed by atoms with Gasteiger partial charge in [-0.25, -0.2) is 14.2 Å². The molecule has 2 atom stereocenters. The van der Waals surface area contributed by atoms with Crippen LogP contribution in [-0.4, -0.2) is 54.2 Å². The Morgan fingerprint density at radius 2 is 1.73 bits per heavy atom. The van der Waals surface area contributed by atoms with Gasteiger partial charge in [-0.2, -0.15) is 4.57 Å². The van der Waals surface area contributed by atoms with E-state index in [0.717, 1.165) is 5.95 Å². The Balaban J connectivity index is 1.79. The maximum Gasteiger partial charge on any atom is 0.369 e. The largest absolute Gasteiger partial charge is 0.369 e. The molecule has 2 unspecified atom stereocenters. The van der Waals surface area contributed by atoms with Crippen molar-refractivity contribution < 1.29 is 8.98 Å². The number of allylic oxidation sites excluding steroid dienone is 2. The first-order valence-corrected chi connectivity index (χ1v) is 10.4. The number of nitrogens with zero attached hydrogens (tertiary/aromatic N) is 6. The quantitative estimate of drug-likeness (QED) is 0.588. The third-order valence-corrected chi connectivity index (χ3v) is 6.28. The SMILES string of the molecule is CN(C)c1n2c(c3cccc[n+]13)C1C3C=CC=CN3C(=[N+](C)C)N1c1ccccc1-2. The molecular formula is C24H26N6+2. The van der Waals surface area contributed by atoms with Crippen molar-refractivity contribution >= 4 is 23.1 Å². The maximum atomic E-state index is 2.52. The molecular weight excluding hydrogens is 372 g/mol. The first-order chi connectivity index (χ1) is 14.6. The van der Waals surface area contributed by atoms with E-state index < -0.39 is 0 Å². The van der Waals surface area contributed by atoms with Crippen molar-refractivity contribution in [1.29, 1.82) is 0 Å². The van der Waals surface area contributed by atoms with Crippen LogP contribution in [0, 0.1) is 0 Å². The fraction of sp³-hybridized carbons (Fsp3) is 0.250. The molecule has 0 saturated carbocycles. The van der Waals surface area contributed by atoms with Crippen LogP contribution in [0.1, 0.15) is 11.7 Å². The second-order valence-corrected chi connectivity index (χ2v) is 8.49. The monoisotopic (exact) mass is 398 g/mol. The molecule has 0 N–H and O–H groups in total. The van der Waals surface area contributed by atoms with Crippen LogP contribution >= 0.6 is 0 Å². The summed E-state index contributed by atoms with van der Waals surface area (Å²) >= 11 is 0. The van der Waals surface area contributed by atoms with Crippen molar-refractivity contribution in [3.8, 4) is 5.69 Å². The van der Waals surface area contributed by atoms with E-state index in [2.05, 4.69) is 130 Å². The summed E-state index contributed by atoms with van der Waals surface area (Å²) < 4.78 is 7.00. The number of aromatic nitrogens is 2. The van der Waals surface area contributed by atoms with Gasteiger partial charge in [-0.05, 0) is 36.4 Å². The average molecular weight is 399 g/mol. The molecule has 0 spiro atoms. The number of benzene rings is 1. The zero-order chi connectivity index (χ0) is 20.6. The highest BCUT2D eigenvalue weighted by Crippen LogP contribution is 2.49. The van der Waals surface area contributed by atoms with Crippen molar-refractivity contribution in [3.05, 3.63) is 78.8 Å². The molecule has 6 nitrogen and oxygen atoms in total. The first-order valence-electron chi connectivity index (χ1n) is 10.4. The van der Waals surface area contributed by atoms with Crippen LogP contribution in [0.15, 0.2) is 73.1 Å².